The van der Waals surface area contributed by atoms with Gasteiger partial charge in [0.2, 0.25) is 5.95 Å². The SMILES string of the molecule is COC(=O)[C@H]1CCCN(C(=O)c2cccc(F)n2)C1. The van der Waals surface area contributed by atoms with E-state index < -0.39 is 5.95 Å². The second-order valence-corrected chi connectivity index (χ2v) is 4.46. The van der Waals surface area contributed by atoms with E-state index in [1.165, 1.54) is 30.2 Å². The van der Waals surface area contributed by atoms with E-state index in [1.54, 1.807) is 0 Å². The third-order valence-corrected chi connectivity index (χ3v) is 3.18. The lowest BCUT2D eigenvalue weighted by molar-refractivity contribution is -0.146. The van der Waals surface area contributed by atoms with Crippen molar-refractivity contribution in [3.05, 3.63) is 29.8 Å². The highest BCUT2D eigenvalue weighted by Crippen LogP contribution is 2.19. The minimum absolute atomic E-state index is 0.0607. The predicted molar refractivity (Wildman–Crippen MR) is 64.8 cm³/mol. The smallest absolute Gasteiger partial charge is 0.310 e. The van der Waals surface area contributed by atoms with E-state index >= 15 is 0 Å². The number of esters is 1. The zero-order valence-electron chi connectivity index (χ0n) is 10.6. The molecule has 0 spiro atoms. The number of nitrogens with zero attached hydrogens (tertiary/aromatic N) is 2. The Morgan fingerprint density at radius 3 is 2.95 bits per heavy atom. The molecule has 1 aliphatic rings. The summed E-state index contributed by atoms with van der Waals surface area (Å²) in [4.78, 5) is 28.7. The molecule has 1 atom stereocenters. The van der Waals surface area contributed by atoms with Crippen molar-refractivity contribution in [2.75, 3.05) is 20.2 Å². The maximum Gasteiger partial charge on any atom is 0.310 e. The number of hydrogen-bond donors (Lipinski definition) is 0. The van der Waals surface area contributed by atoms with Crippen LogP contribution in [0.15, 0.2) is 18.2 Å². The number of amides is 1. The first-order chi connectivity index (χ1) is 9.11. The minimum atomic E-state index is -0.688. The number of methoxy groups -OCH3 is 1. The zero-order chi connectivity index (χ0) is 13.8. The van der Waals surface area contributed by atoms with E-state index in [1.807, 2.05) is 0 Å². The van der Waals surface area contributed by atoms with Crippen LogP contribution in [0.3, 0.4) is 0 Å². The largest absolute Gasteiger partial charge is 0.469 e. The molecule has 19 heavy (non-hydrogen) atoms. The Labute approximate surface area is 110 Å². The summed E-state index contributed by atoms with van der Waals surface area (Å²) >= 11 is 0. The highest BCUT2D eigenvalue weighted by atomic mass is 19.1. The molecule has 6 heteroatoms. The molecule has 102 valence electrons. The van der Waals surface area contributed by atoms with Crippen molar-refractivity contribution >= 4 is 11.9 Å². The van der Waals surface area contributed by atoms with Crippen molar-refractivity contribution in [1.29, 1.82) is 0 Å². The van der Waals surface area contributed by atoms with Gasteiger partial charge in [-0.1, -0.05) is 6.07 Å². The molecule has 1 fully saturated rings. The summed E-state index contributed by atoms with van der Waals surface area (Å²) in [6, 6.07) is 4.09. The van der Waals surface area contributed by atoms with E-state index in [0.717, 1.165) is 6.42 Å². The lowest BCUT2D eigenvalue weighted by Gasteiger charge is -2.31. The van der Waals surface area contributed by atoms with Crippen molar-refractivity contribution in [1.82, 2.24) is 9.88 Å². The highest BCUT2D eigenvalue weighted by Gasteiger charge is 2.29. The van der Waals surface area contributed by atoms with E-state index in [9.17, 15) is 14.0 Å². The molecule has 2 rings (SSSR count). The number of piperidine rings is 1. The van der Waals surface area contributed by atoms with Gasteiger partial charge in [0.05, 0.1) is 13.0 Å². The first-order valence-electron chi connectivity index (χ1n) is 6.11. The Kier molecular flexibility index (Phi) is 4.09. The quantitative estimate of drug-likeness (QED) is 0.597. The summed E-state index contributed by atoms with van der Waals surface area (Å²) in [6.45, 7) is 0.841. The molecular formula is C13H15FN2O3. The van der Waals surface area contributed by atoms with Gasteiger partial charge in [-0.15, -0.1) is 0 Å². The second kappa shape index (κ2) is 5.77. The van der Waals surface area contributed by atoms with Gasteiger partial charge in [0.25, 0.3) is 5.91 Å². The number of likely N-dealkylation sites (tertiary alicyclic amines) is 1. The van der Waals surface area contributed by atoms with Crippen LogP contribution in [-0.4, -0.2) is 42.0 Å². The predicted octanol–water partition coefficient (Wildman–Crippen LogP) is 1.25. The van der Waals surface area contributed by atoms with Crippen LogP contribution in [0.1, 0.15) is 23.3 Å². The zero-order valence-corrected chi connectivity index (χ0v) is 10.6. The molecule has 1 amide bonds. The molecule has 1 aromatic heterocycles. The van der Waals surface area contributed by atoms with Crippen molar-refractivity contribution < 1.29 is 18.7 Å². The summed E-state index contributed by atoms with van der Waals surface area (Å²) in [5.41, 5.74) is 0.0607. The van der Waals surface area contributed by atoms with Gasteiger partial charge in [-0.3, -0.25) is 9.59 Å². The van der Waals surface area contributed by atoms with Gasteiger partial charge in [0.1, 0.15) is 5.69 Å². The number of pyridine rings is 1. The Morgan fingerprint density at radius 1 is 1.47 bits per heavy atom. The maximum atomic E-state index is 13.0. The number of aromatic nitrogens is 1. The lowest BCUT2D eigenvalue weighted by atomic mass is 9.98. The molecule has 0 aromatic carbocycles. The first-order valence-corrected chi connectivity index (χ1v) is 6.11. The molecule has 0 saturated carbocycles. The maximum absolute atomic E-state index is 13.0. The van der Waals surface area contributed by atoms with Crippen LogP contribution in [0.25, 0.3) is 0 Å². The lowest BCUT2D eigenvalue weighted by Crippen LogP contribution is -2.43. The Bertz CT molecular complexity index is 493. The molecule has 0 bridgehead atoms. The molecule has 0 unspecified atom stereocenters. The molecule has 2 heterocycles. The first kappa shape index (κ1) is 13.5. The van der Waals surface area contributed by atoms with Gasteiger partial charge in [-0.05, 0) is 25.0 Å². The molecule has 0 radical (unpaired) electrons. The fraction of sp³-hybridized carbons (Fsp3) is 0.462. The fourth-order valence-corrected chi connectivity index (χ4v) is 2.21. The number of hydrogen-bond acceptors (Lipinski definition) is 4. The fourth-order valence-electron chi connectivity index (χ4n) is 2.21. The average Bonchev–Trinajstić information content (AvgIpc) is 2.45. The topological polar surface area (TPSA) is 59.5 Å². The summed E-state index contributed by atoms with van der Waals surface area (Å²) < 4.78 is 17.7. The summed E-state index contributed by atoms with van der Waals surface area (Å²) in [5.74, 6) is -1.67. The number of carbonyl (C=O) groups excluding carboxylic acids is 2. The van der Waals surface area contributed by atoms with Gasteiger partial charge in [0, 0.05) is 13.1 Å². The third kappa shape index (κ3) is 3.07. The van der Waals surface area contributed by atoms with Gasteiger partial charge in [-0.2, -0.15) is 4.39 Å². The van der Waals surface area contributed by atoms with Gasteiger partial charge in [0.15, 0.2) is 0 Å². The summed E-state index contributed by atoms with van der Waals surface area (Å²) in [5, 5.41) is 0. The Balaban J connectivity index is 2.09. The van der Waals surface area contributed by atoms with Crippen molar-refractivity contribution in [3.63, 3.8) is 0 Å². The molecule has 1 saturated heterocycles. The molecule has 1 aromatic rings. The van der Waals surface area contributed by atoms with Gasteiger partial charge >= 0.3 is 5.97 Å². The Morgan fingerprint density at radius 2 is 2.26 bits per heavy atom. The monoisotopic (exact) mass is 266 g/mol. The average molecular weight is 266 g/mol. The number of halogens is 1. The third-order valence-electron chi connectivity index (χ3n) is 3.18. The highest BCUT2D eigenvalue weighted by molar-refractivity contribution is 5.92. The van der Waals surface area contributed by atoms with Crippen LogP contribution in [0.4, 0.5) is 4.39 Å². The molecule has 1 aliphatic heterocycles. The van der Waals surface area contributed by atoms with Crippen LogP contribution < -0.4 is 0 Å². The molecular weight excluding hydrogens is 251 g/mol. The van der Waals surface area contributed by atoms with E-state index in [-0.39, 0.29) is 23.5 Å². The second-order valence-electron chi connectivity index (χ2n) is 4.46. The van der Waals surface area contributed by atoms with Crippen LogP contribution in [0, 0.1) is 11.9 Å². The molecule has 0 aliphatic carbocycles. The van der Waals surface area contributed by atoms with E-state index in [2.05, 4.69) is 4.98 Å². The Hall–Kier alpha value is -1.98. The number of carbonyl (C=O) groups is 2. The standard InChI is InChI=1S/C13H15FN2O3/c1-19-13(18)9-4-3-7-16(8-9)12(17)10-5-2-6-11(14)15-10/h2,5-6,9H,3-4,7-8H2,1H3/t9-/m0/s1. The minimum Gasteiger partial charge on any atom is -0.469 e. The van der Waals surface area contributed by atoms with E-state index in [0.29, 0.717) is 19.5 Å². The number of ether oxygens (including phenoxy) is 1. The molecule has 0 N–H and O–H groups in total. The van der Waals surface area contributed by atoms with Crippen LogP contribution in [0.2, 0.25) is 0 Å². The molecule has 5 nitrogen and oxygen atoms in total. The van der Waals surface area contributed by atoms with Crippen molar-refractivity contribution in [3.8, 4) is 0 Å². The number of rotatable bonds is 2. The normalized spacial score (nSPS) is 19.1. The van der Waals surface area contributed by atoms with Crippen LogP contribution >= 0.6 is 0 Å². The van der Waals surface area contributed by atoms with E-state index in [4.69, 9.17) is 4.74 Å². The van der Waals surface area contributed by atoms with Gasteiger partial charge < -0.3 is 9.64 Å². The summed E-state index contributed by atoms with van der Waals surface area (Å²) in [7, 11) is 1.33. The van der Waals surface area contributed by atoms with Gasteiger partial charge in [-0.25, -0.2) is 4.98 Å². The summed E-state index contributed by atoms with van der Waals surface area (Å²) in [6.07, 6.45) is 1.42. The van der Waals surface area contributed by atoms with Crippen LogP contribution in [-0.2, 0) is 9.53 Å². The van der Waals surface area contributed by atoms with Crippen LogP contribution in [0.5, 0.6) is 0 Å². The van der Waals surface area contributed by atoms with Crippen molar-refractivity contribution in [2.45, 2.75) is 12.8 Å². The van der Waals surface area contributed by atoms with Crippen molar-refractivity contribution in [2.24, 2.45) is 5.92 Å².